The standard InChI is InChI=1S/C19H19F3N2O4/c20-19(21,22)28-16-4-1-13(2-5-16)3-6-17(25)23-9-7-14-11-24(18(26)27)12-15(14)8-10-23/h1-7,15H,8-12H2,(H,26,27)/t15-/m1/s1. The Morgan fingerprint density at radius 2 is 1.89 bits per heavy atom. The van der Waals surface area contributed by atoms with Crippen LogP contribution in [0.25, 0.3) is 6.08 Å². The van der Waals surface area contributed by atoms with Gasteiger partial charge in [0.15, 0.2) is 0 Å². The van der Waals surface area contributed by atoms with E-state index in [4.69, 9.17) is 5.11 Å². The van der Waals surface area contributed by atoms with Crippen LogP contribution in [0.4, 0.5) is 18.0 Å². The van der Waals surface area contributed by atoms with E-state index in [1.807, 2.05) is 6.08 Å². The number of fused-ring (bicyclic) bond motifs is 1. The largest absolute Gasteiger partial charge is 0.573 e. The Morgan fingerprint density at radius 3 is 2.54 bits per heavy atom. The van der Waals surface area contributed by atoms with Gasteiger partial charge in [-0.2, -0.15) is 0 Å². The number of carboxylic acid groups (broad SMARTS) is 1. The molecule has 0 aromatic heterocycles. The molecule has 0 radical (unpaired) electrons. The number of likely N-dealkylation sites (tertiary alicyclic amines) is 1. The van der Waals surface area contributed by atoms with Crippen LogP contribution in [0.1, 0.15) is 12.0 Å². The highest BCUT2D eigenvalue weighted by atomic mass is 19.4. The minimum Gasteiger partial charge on any atom is -0.465 e. The molecule has 1 saturated heterocycles. The van der Waals surface area contributed by atoms with Crippen molar-refractivity contribution in [2.75, 3.05) is 26.2 Å². The number of alkyl halides is 3. The molecule has 28 heavy (non-hydrogen) atoms. The van der Waals surface area contributed by atoms with E-state index in [2.05, 4.69) is 4.74 Å². The topological polar surface area (TPSA) is 70.1 Å². The molecule has 0 unspecified atom stereocenters. The van der Waals surface area contributed by atoms with Gasteiger partial charge in [-0.15, -0.1) is 13.2 Å². The average Bonchev–Trinajstić information content (AvgIpc) is 2.93. The Kier molecular flexibility index (Phi) is 5.62. The summed E-state index contributed by atoms with van der Waals surface area (Å²) in [4.78, 5) is 26.5. The number of benzene rings is 1. The van der Waals surface area contributed by atoms with Crippen LogP contribution in [0.5, 0.6) is 5.75 Å². The maximum Gasteiger partial charge on any atom is 0.573 e. The zero-order valence-corrected chi connectivity index (χ0v) is 14.9. The molecule has 2 aliphatic rings. The minimum absolute atomic E-state index is 0.138. The summed E-state index contributed by atoms with van der Waals surface area (Å²) in [6.07, 6.45) is -0.160. The highest BCUT2D eigenvalue weighted by molar-refractivity contribution is 5.92. The van der Waals surface area contributed by atoms with Crippen LogP contribution >= 0.6 is 0 Å². The second-order valence-electron chi connectivity index (χ2n) is 6.66. The average molecular weight is 396 g/mol. The minimum atomic E-state index is -4.74. The molecule has 0 aliphatic carbocycles. The summed E-state index contributed by atoms with van der Waals surface area (Å²) >= 11 is 0. The fourth-order valence-corrected chi connectivity index (χ4v) is 3.34. The molecule has 1 N–H and O–H groups in total. The van der Waals surface area contributed by atoms with Crippen molar-refractivity contribution in [2.45, 2.75) is 12.8 Å². The molecule has 2 aliphatic heterocycles. The fourth-order valence-electron chi connectivity index (χ4n) is 3.34. The summed E-state index contributed by atoms with van der Waals surface area (Å²) in [5.41, 5.74) is 1.62. The van der Waals surface area contributed by atoms with Gasteiger partial charge in [-0.05, 0) is 35.8 Å². The number of hydrogen-bond acceptors (Lipinski definition) is 3. The number of hydrogen-bond donors (Lipinski definition) is 1. The van der Waals surface area contributed by atoms with E-state index < -0.39 is 12.5 Å². The number of ether oxygens (including phenoxy) is 1. The third kappa shape index (κ3) is 5.05. The Hall–Kier alpha value is -2.97. The molecule has 0 saturated carbocycles. The second-order valence-corrected chi connectivity index (χ2v) is 6.66. The summed E-state index contributed by atoms with van der Waals surface area (Å²) in [6.45, 7) is 1.75. The van der Waals surface area contributed by atoms with Crippen LogP contribution in [-0.2, 0) is 4.79 Å². The summed E-state index contributed by atoms with van der Waals surface area (Å²) in [7, 11) is 0. The van der Waals surface area contributed by atoms with Gasteiger partial charge in [0.1, 0.15) is 5.75 Å². The fraction of sp³-hybridized carbons (Fsp3) is 0.368. The molecule has 1 aromatic carbocycles. The van der Waals surface area contributed by atoms with E-state index >= 15 is 0 Å². The molecular weight excluding hydrogens is 377 g/mol. The van der Waals surface area contributed by atoms with Crippen molar-refractivity contribution in [2.24, 2.45) is 5.92 Å². The zero-order chi connectivity index (χ0) is 20.3. The maximum atomic E-state index is 12.4. The van der Waals surface area contributed by atoms with E-state index in [1.165, 1.54) is 41.3 Å². The zero-order valence-electron chi connectivity index (χ0n) is 14.9. The van der Waals surface area contributed by atoms with Crippen molar-refractivity contribution in [3.05, 3.63) is 47.6 Å². The number of rotatable bonds is 3. The van der Waals surface area contributed by atoms with Gasteiger partial charge in [0.25, 0.3) is 0 Å². The van der Waals surface area contributed by atoms with Crippen LogP contribution in [0.2, 0.25) is 0 Å². The van der Waals surface area contributed by atoms with E-state index in [0.717, 1.165) is 5.57 Å². The van der Waals surface area contributed by atoms with Crippen molar-refractivity contribution >= 4 is 18.1 Å². The number of carbonyl (C=O) groups excluding carboxylic acids is 1. The van der Waals surface area contributed by atoms with Crippen LogP contribution in [-0.4, -0.2) is 59.4 Å². The normalized spacial score (nSPS) is 20.0. The Bertz CT molecular complexity index is 802. The molecule has 9 heteroatoms. The van der Waals surface area contributed by atoms with Gasteiger partial charge in [0.05, 0.1) is 0 Å². The third-order valence-electron chi connectivity index (χ3n) is 4.77. The highest BCUT2D eigenvalue weighted by Gasteiger charge is 2.32. The predicted octanol–water partition coefficient (Wildman–Crippen LogP) is 3.37. The lowest BCUT2D eigenvalue weighted by atomic mass is 10.00. The van der Waals surface area contributed by atoms with Gasteiger partial charge < -0.3 is 19.6 Å². The molecule has 2 amide bonds. The monoisotopic (exact) mass is 396 g/mol. The van der Waals surface area contributed by atoms with E-state index in [-0.39, 0.29) is 17.6 Å². The van der Waals surface area contributed by atoms with Crippen LogP contribution in [0, 0.1) is 5.92 Å². The van der Waals surface area contributed by atoms with Gasteiger partial charge in [-0.1, -0.05) is 18.2 Å². The van der Waals surface area contributed by atoms with Gasteiger partial charge in [-0.3, -0.25) is 4.79 Å². The molecule has 1 aromatic rings. The second kappa shape index (κ2) is 7.95. The van der Waals surface area contributed by atoms with E-state index in [9.17, 15) is 22.8 Å². The van der Waals surface area contributed by atoms with Crippen molar-refractivity contribution in [1.29, 1.82) is 0 Å². The molecule has 0 spiro atoms. The Balaban J connectivity index is 1.57. The summed E-state index contributed by atoms with van der Waals surface area (Å²) in [6, 6.07) is 5.23. The van der Waals surface area contributed by atoms with Gasteiger partial charge >= 0.3 is 12.5 Å². The van der Waals surface area contributed by atoms with Crippen LogP contribution in [0.15, 0.2) is 42.0 Å². The Morgan fingerprint density at radius 1 is 1.18 bits per heavy atom. The molecule has 3 rings (SSSR count). The summed E-state index contributed by atoms with van der Waals surface area (Å²) < 4.78 is 40.3. The summed E-state index contributed by atoms with van der Waals surface area (Å²) in [5.74, 6) is -0.390. The predicted molar refractivity (Wildman–Crippen MR) is 94.5 cm³/mol. The maximum absolute atomic E-state index is 12.4. The lowest BCUT2D eigenvalue weighted by molar-refractivity contribution is -0.274. The smallest absolute Gasteiger partial charge is 0.465 e. The first-order valence-corrected chi connectivity index (χ1v) is 8.71. The van der Waals surface area contributed by atoms with Gasteiger partial charge in [0, 0.05) is 38.2 Å². The molecular formula is C19H19F3N2O4. The SMILES string of the molecule is O=C(O)N1CC2=CCN(C(=O)C=Cc3ccc(OC(F)(F)F)cc3)CC[C@@H]2C1. The Labute approximate surface area is 159 Å². The number of amides is 2. The lowest BCUT2D eigenvalue weighted by Gasteiger charge is -2.19. The molecule has 6 nitrogen and oxygen atoms in total. The lowest BCUT2D eigenvalue weighted by Crippen LogP contribution is -2.32. The molecule has 0 bridgehead atoms. The van der Waals surface area contributed by atoms with Crippen molar-refractivity contribution in [3.63, 3.8) is 0 Å². The van der Waals surface area contributed by atoms with Crippen molar-refractivity contribution < 1.29 is 32.6 Å². The summed E-state index contributed by atoms with van der Waals surface area (Å²) in [5, 5.41) is 9.08. The van der Waals surface area contributed by atoms with Crippen LogP contribution in [0.3, 0.4) is 0 Å². The van der Waals surface area contributed by atoms with Crippen molar-refractivity contribution in [1.82, 2.24) is 9.80 Å². The van der Waals surface area contributed by atoms with Crippen LogP contribution < -0.4 is 4.74 Å². The first kappa shape index (κ1) is 19.8. The molecule has 1 atom stereocenters. The van der Waals surface area contributed by atoms with Gasteiger partial charge in [-0.25, -0.2) is 4.79 Å². The highest BCUT2D eigenvalue weighted by Crippen LogP contribution is 2.28. The van der Waals surface area contributed by atoms with Gasteiger partial charge in [0.2, 0.25) is 5.91 Å². The van der Waals surface area contributed by atoms with Crippen molar-refractivity contribution in [3.8, 4) is 5.75 Å². The number of nitrogens with zero attached hydrogens (tertiary/aromatic N) is 2. The molecule has 1 fully saturated rings. The van der Waals surface area contributed by atoms with E-state index in [0.29, 0.717) is 38.2 Å². The molecule has 2 heterocycles. The number of carbonyl (C=O) groups is 2. The third-order valence-corrected chi connectivity index (χ3v) is 4.77. The molecule has 150 valence electrons. The first-order valence-electron chi connectivity index (χ1n) is 8.71. The van der Waals surface area contributed by atoms with E-state index in [1.54, 1.807) is 4.90 Å². The first-order chi connectivity index (χ1) is 13.2. The quantitative estimate of drug-likeness (QED) is 0.628. The number of halogens is 3.